The van der Waals surface area contributed by atoms with Gasteiger partial charge in [-0.05, 0) is 84.7 Å². The maximum atomic E-state index is 12.8. The van der Waals surface area contributed by atoms with Crippen LogP contribution in [-0.4, -0.2) is 23.0 Å². The number of furan rings is 1. The van der Waals surface area contributed by atoms with Gasteiger partial charge in [-0.15, -0.1) is 48.0 Å². The first-order chi connectivity index (χ1) is 23.2. The molecule has 0 saturated heterocycles. The quantitative estimate of drug-likeness (QED) is 0.131. The molecule has 0 spiro atoms. The predicted octanol–water partition coefficient (Wildman–Crippen LogP) is 9.97. The number of rotatable bonds is 4. The Morgan fingerprint density at radius 2 is 1.62 bits per heavy atom. The molecule has 47 heavy (non-hydrogen) atoms. The molecule has 239 valence electrons. The van der Waals surface area contributed by atoms with Gasteiger partial charge in [-0.1, -0.05) is 66.5 Å². The van der Waals surface area contributed by atoms with Crippen LogP contribution in [0.2, 0.25) is 19.6 Å². The summed E-state index contributed by atoms with van der Waals surface area (Å²) >= 11 is 0. The van der Waals surface area contributed by atoms with Crippen molar-refractivity contribution in [1.82, 2.24) is 15.0 Å². The molecule has 4 aromatic heterocycles. The first-order valence-corrected chi connectivity index (χ1v) is 18.6. The van der Waals surface area contributed by atoms with Crippen molar-refractivity contribution in [2.45, 2.75) is 47.3 Å². The molecule has 4 nitrogen and oxygen atoms in total. The van der Waals surface area contributed by atoms with Crippen LogP contribution in [0.1, 0.15) is 26.5 Å². The van der Waals surface area contributed by atoms with Gasteiger partial charge >= 0.3 is 0 Å². The van der Waals surface area contributed by atoms with Crippen LogP contribution in [0, 0.1) is 45.6 Å². The fourth-order valence-electron chi connectivity index (χ4n) is 5.73. The van der Waals surface area contributed by atoms with E-state index in [2.05, 4.69) is 85.7 Å². The molecule has 0 unspecified atom stereocenters. The third-order valence-electron chi connectivity index (χ3n) is 7.96. The van der Waals surface area contributed by atoms with Crippen LogP contribution in [0.25, 0.3) is 55.7 Å². The number of hydrogen-bond donors (Lipinski definition) is 0. The van der Waals surface area contributed by atoms with Gasteiger partial charge in [-0.3, -0.25) is 4.39 Å². The van der Waals surface area contributed by atoms with E-state index in [-0.39, 0.29) is 31.6 Å². The van der Waals surface area contributed by atoms with Crippen molar-refractivity contribution >= 4 is 35.3 Å². The Balaban J connectivity index is 0.000000229. The SMILES string of the molecule is C[Si](C)(C)c1ccc(-c2[c-]cc(F)cc2)nc1.[2H]C([2H])([2H])c1ccc2c(n1)oc1c(-c3cc(-c4c(C)cc(C)cc4C)ccn3)[c-]ccc12.[Ir]. The minimum atomic E-state index is -2.29. The summed E-state index contributed by atoms with van der Waals surface area (Å²) in [6.07, 6.45) is 3.72. The number of hydrogen-bond acceptors (Lipinski definition) is 4. The number of benzene rings is 3. The van der Waals surface area contributed by atoms with E-state index < -0.39 is 14.9 Å². The first kappa shape index (κ1) is 30.1. The second-order valence-corrected chi connectivity index (χ2v) is 17.6. The van der Waals surface area contributed by atoms with Crippen LogP contribution < -0.4 is 5.19 Å². The van der Waals surface area contributed by atoms with Crippen molar-refractivity contribution < 1.29 is 33.0 Å². The number of nitrogens with zero attached hydrogens (tertiary/aromatic N) is 3. The number of aromatic nitrogens is 3. The summed E-state index contributed by atoms with van der Waals surface area (Å²) in [6.45, 7) is 10.9. The molecule has 0 amide bonds. The van der Waals surface area contributed by atoms with Crippen LogP contribution in [0.4, 0.5) is 4.39 Å². The Hall–Kier alpha value is -4.29. The topological polar surface area (TPSA) is 51.8 Å². The second kappa shape index (κ2) is 13.8. The van der Waals surface area contributed by atoms with Crippen molar-refractivity contribution in [3.05, 3.63) is 132 Å². The molecule has 7 aromatic rings. The Morgan fingerprint density at radius 1 is 0.830 bits per heavy atom. The summed E-state index contributed by atoms with van der Waals surface area (Å²) in [7, 11) is -1.30. The van der Waals surface area contributed by atoms with Crippen LogP contribution in [-0.2, 0) is 20.1 Å². The molecular weight excluding hydrogens is 778 g/mol. The van der Waals surface area contributed by atoms with Gasteiger partial charge in [-0.25, -0.2) is 4.98 Å². The van der Waals surface area contributed by atoms with E-state index in [4.69, 9.17) is 8.53 Å². The van der Waals surface area contributed by atoms with E-state index in [1.54, 1.807) is 18.3 Å². The molecule has 1 radical (unpaired) electrons. The van der Waals surface area contributed by atoms with E-state index in [0.29, 0.717) is 11.3 Å². The average Bonchev–Trinajstić information content (AvgIpc) is 3.43. The Labute approximate surface area is 294 Å². The maximum Gasteiger partial charge on any atom is 0.216 e. The molecule has 3 aromatic carbocycles. The van der Waals surface area contributed by atoms with Crippen molar-refractivity contribution in [2.24, 2.45) is 0 Å². The predicted molar refractivity (Wildman–Crippen MR) is 189 cm³/mol. The largest absolute Gasteiger partial charge is 0.486 e. The van der Waals surface area contributed by atoms with Crippen molar-refractivity contribution in [1.29, 1.82) is 0 Å². The smallest absolute Gasteiger partial charge is 0.216 e. The minimum Gasteiger partial charge on any atom is -0.486 e. The van der Waals surface area contributed by atoms with Crippen molar-refractivity contribution in [2.75, 3.05) is 0 Å². The monoisotopic (exact) mass is 817 g/mol. The zero-order chi connectivity index (χ0) is 35.1. The molecule has 0 aliphatic heterocycles. The standard InChI is InChI=1S/C26H21N2O.C14H15FNSi.Ir/c1-15-12-16(2)24(17(3)13-15)19-10-11-27-23(14-19)22-7-5-6-20-21-9-8-18(4)28-26(21)29-25(20)22;1-17(2,3)13-8-9-14(16-10-13)11-4-6-12(15)7-5-11;/h5-6,8-14H,1-4H3;4,6-10H,1-3H3;/q2*-1;/i4D3;;. The normalized spacial score (nSPS) is 12.4. The second-order valence-electron chi connectivity index (χ2n) is 12.6. The van der Waals surface area contributed by atoms with Crippen LogP contribution >= 0.6 is 0 Å². The molecule has 7 heteroatoms. The summed E-state index contributed by atoms with van der Waals surface area (Å²) in [5.41, 5.74) is 9.98. The number of aryl methyl sites for hydroxylation is 4. The molecular formula is C40H36FIrN3OSi-2. The number of halogens is 1. The Morgan fingerprint density at radius 3 is 2.28 bits per heavy atom. The van der Waals surface area contributed by atoms with E-state index in [9.17, 15) is 4.39 Å². The molecule has 0 N–H and O–H groups in total. The van der Waals surface area contributed by atoms with E-state index >= 15 is 0 Å². The van der Waals surface area contributed by atoms with Gasteiger partial charge in [0.2, 0.25) is 5.71 Å². The maximum absolute atomic E-state index is 12.8. The summed E-state index contributed by atoms with van der Waals surface area (Å²) < 4.78 is 41.7. The summed E-state index contributed by atoms with van der Waals surface area (Å²) in [6, 6.07) is 30.2. The van der Waals surface area contributed by atoms with Gasteiger partial charge in [0, 0.05) is 53.5 Å². The molecule has 4 heterocycles. The fraction of sp³-hybridized carbons (Fsp3) is 0.175. The Bertz CT molecular complexity index is 2280. The summed E-state index contributed by atoms with van der Waals surface area (Å²) in [5, 5.41) is 2.95. The molecule has 0 aliphatic rings. The molecule has 0 saturated carbocycles. The van der Waals surface area contributed by atoms with E-state index in [0.717, 1.165) is 38.9 Å². The van der Waals surface area contributed by atoms with Crippen molar-refractivity contribution in [3.8, 4) is 33.6 Å². The van der Waals surface area contributed by atoms with Gasteiger partial charge < -0.3 is 14.4 Å². The third kappa shape index (κ3) is 7.33. The zero-order valence-corrected chi connectivity index (χ0v) is 30.5. The van der Waals surface area contributed by atoms with Gasteiger partial charge in [-0.2, -0.15) is 0 Å². The van der Waals surface area contributed by atoms with Gasteiger partial charge in [0.15, 0.2) is 0 Å². The third-order valence-corrected chi connectivity index (χ3v) is 9.99. The zero-order valence-electron chi connectivity index (χ0n) is 30.1. The van der Waals surface area contributed by atoms with Crippen molar-refractivity contribution in [3.63, 3.8) is 0 Å². The number of fused-ring (bicyclic) bond motifs is 3. The van der Waals surface area contributed by atoms with Crippen LogP contribution in [0.15, 0.2) is 95.7 Å². The minimum absolute atomic E-state index is 0. The van der Waals surface area contributed by atoms with Gasteiger partial charge in [0.1, 0.15) is 0 Å². The molecule has 0 atom stereocenters. The molecule has 0 fully saturated rings. The van der Waals surface area contributed by atoms with Gasteiger partial charge in [0.25, 0.3) is 0 Å². The fourth-order valence-corrected chi connectivity index (χ4v) is 6.77. The number of pyridine rings is 3. The van der Waals surface area contributed by atoms with E-state index in [1.807, 2.05) is 36.5 Å². The Kier molecular flexibility index (Phi) is 8.84. The van der Waals surface area contributed by atoms with E-state index in [1.165, 1.54) is 45.6 Å². The molecule has 0 bridgehead atoms. The summed E-state index contributed by atoms with van der Waals surface area (Å²) in [5.74, 6) is -0.271. The van der Waals surface area contributed by atoms with Gasteiger partial charge in [0.05, 0.1) is 13.7 Å². The van der Waals surface area contributed by atoms with Crippen LogP contribution in [0.5, 0.6) is 0 Å². The molecule has 0 aliphatic carbocycles. The first-order valence-electron chi connectivity index (χ1n) is 16.6. The molecule has 7 rings (SSSR count). The average molecular weight is 817 g/mol. The van der Waals surface area contributed by atoms with Crippen LogP contribution in [0.3, 0.4) is 0 Å². The summed E-state index contributed by atoms with van der Waals surface area (Å²) in [4.78, 5) is 13.3.